The van der Waals surface area contributed by atoms with E-state index in [4.69, 9.17) is 4.74 Å². The minimum absolute atomic E-state index is 0.202. The zero-order valence-corrected chi connectivity index (χ0v) is 16.8. The molecule has 166 valence electrons. The molecule has 3 aromatic rings. The third-order valence-corrected chi connectivity index (χ3v) is 6.02. The van der Waals surface area contributed by atoms with Crippen LogP contribution in [0.3, 0.4) is 0 Å². The Kier molecular flexibility index (Phi) is 4.61. The average molecular weight is 444 g/mol. The van der Waals surface area contributed by atoms with Crippen molar-refractivity contribution in [1.82, 2.24) is 15.5 Å². The quantitative estimate of drug-likeness (QED) is 0.633. The van der Waals surface area contributed by atoms with Gasteiger partial charge in [-0.2, -0.15) is 18.3 Å². The molecular formula is C22H19F3N4O3. The molecule has 7 nitrogen and oxygen atoms in total. The van der Waals surface area contributed by atoms with Crippen LogP contribution >= 0.6 is 0 Å². The van der Waals surface area contributed by atoms with Crippen LogP contribution in [0.1, 0.15) is 18.4 Å². The molecule has 0 radical (unpaired) electrons. The van der Waals surface area contributed by atoms with Crippen molar-refractivity contribution in [3.63, 3.8) is 0 Å². The predicted molar refractivity (Wildman–Crippen MR) is 109 cm³/mol. The second-order valence-electron chi connectivity index (χ2n) is 8.15. The van der Waals surface area contributed by atoms with Crippen molar-refractivity contribution in [1.29, 1.82) is 0 Å². The summed E-state index contributed by atoms with van der Waals surface area (Å²) in [6.07, 6.45) is -2.16. The smallest absolute Gasteiger partial charge is 0.405 e. The zero-order chi connectivity index (χ0) is 22.5. The maximum absolute atomic E-state index is 13.3. The molecule has 1 saturated carbocycles. The highest BCUT2D eigenvalue weighted by molar-refractivity contribution is 6.11. The summed E-state index contributed by atoms with van der Waals surface area (Å²) in [4.78, 5) is 26.6. The van der Waals surface area contributed by atoms with E-state index in [9.17, 15) is 22.8 Å². The number of amides is 2. The number of H-pyrrole nitrogens is 1. The third kappa shape index (κ3) is 3.45. The summed E-state index contributed by atoms with van der Waals surface area (Å²) in [6, 6.07) is 12.6. The lowest BCUT2D eigenvalue weighted by atomic mass is 9.63. The number of anilines is 1. The molecule has 2 aliphatic rings. The lowest BCUT2D eigenvalue weighted by molar-refractivity contribution is -0.138. The van der Waals surface area contributed by atoms with Crippen molar-refractivity contribution in [2.24, 2.45) is 0 Å². The van der Waals surface area contributed by atoms with Crippen LogP contribution in [-0.2, 0) is 15.0 Å². The van der Waals surface area contributed by atoms with Crippen molar-refractivity contribution in [2.75, 3.05) is 18.0 Å². The second kappa shape index (κ2) is 7.25. The molecule has 2 aromatic carbocycles. The summed E-state index contributed by atoms with van der Waals surface area (Å²) < 4.78 is 43.3. The van der Waals surface area contributed by atoms with E-state index >= 15 is 0 Å². The first-order valence-electron chi connectivity index (χ1n) is 10.1. The molecule has 32 heavy (non-hydrogen) atoms. The molecule has 0 unspecified atom stereocenters. The van der Waals surface area contributed by atoms with Crippen LogP contribution in [0.25, 0.3) is 10.9 Å². The maximum Gasteiger partial charge on any atom is 0.405 e. The number of hydrogen-bond acceptors (Lipinski definition) is 4. The molecule has 0 bridgehead atoms. The lowest BCUT2D eigenvalue weighted by Gasteiger charge is -2.43. The Morgan fingerprint density at radius 2 is 2.03 bits per heavy atom. The van der Waals surface area contributed by atoms with Gasteiger partial charge in [-0.15, -0.1) is 0 Å². The highest BCUT2D eigenvalue weighted by Gasteiger charge is 2.59. The van der Waals surface area contributed by atoms with Crippen LogP contribution < -0.4 is 15.0 Å². The summed E-state index contributed by atoms with van der Waals surface area (Å²) in [6.45, 7) is -1.90. The van der Waals surface area contributed by atoms with E-state index in [0.29, 0.717) is 24.3 Å². The average Bonchev–Trinajstić information content (AvgIpc) is 3.28. The van der Waals surface area contributed by atoms with Gasteiger partial charge in [0.1, 0.15) is 24.9 Å². The monoisotopic (exact) mass is 444 g/mol. The summed E-state index contributed by atoms with van der Waals surface area (Å²) in [5.41, 5.74) is 1.34. The zero-order valence-electron chi connectivity index (χ0n) is 16.8. The standard InChI is InChI=1S/C22H19F3N4O3/c23-22(24,25)12-26-19(30)11-29-18-4-2-1-3-16(18)21(20(29)31)8-15(9-21)32-14-6-5-13-10-27-28-17(13)7-14/h1-7,10,15H,8-9,11-12H2,(H,26,30)(H,27,28). The molecule has 10 heteroatoms. The SMILES string of the molecule is O=C(CN1C(=O)C2(CC(Oc3ccc4cn[nH]c4c3)C2)c2ccccc21)NCC(F)(F)F. The number of aromatic nitrogens is 2. The molecule has 0 saturated heterocycles. The molecule has 1 spiro atoms. The summed E-state index contributed by atoms with van der Waals surface area (Å²) in [7, 11) is 0. The summed E-state index contributed by atoms with van der Waals surface area (Å²) in [5, 5.41) is 9.65. The van der Waals surface area contributed by atoms with Crippen LogP contribution in [0.15, 0.2) is 48.7 Å². The molecule has 5 rings (SSSR count). The Labute approximate surface area is 180 Å². The third-order valence-electron chi connectivity index (χ3n) is 6.02. The number of fused-ring (bicyclic) bond motifs is 3. The number of hydrogen-bond donors (Lipinski definition) is 2. The van der Waals surface area contributed by atoms with E-state index in [2.05, 4.69) is 10.2 Å². The van der Waals surface area contributed by atoms with E-state index in [1.54, 1.807) is 24.4 Å². The molecule has 2 heterocycles. The minimum Gasteiger partial charge on any atom is -0.490 e. The number of rotatable bonds is 5. The van der Waals surface area contributed by atoms with Gasteiger partial charge in [-0.05, 0) is 23.8 Å². The molecule has 0 atom stereocenters. The molecule has 1 aliphatic heterocycles. The summed E-state index contributed by atoms with van der Waals surface area (Å²) in [5.74, 6) is -0.490. The Morgan fingerprint density at radius 1 is 1.25 bits per heavy atom. The number of nitrogens with zero attached hydrogens (tertiary/aromatic N) is 2. The fourth-order valence-electron chi connectivity index (χ4n) is 4.53. The van der Waals surface area contributed by atoms with Crippen LogP contribution in [0.2, 0.25) is 0 Å². The van der Waals surface area contributed by atoms with Gasteiger partial charge in [0, 0.05) is 30.0 Å². The second-order valence-corrected chi connectivity index (χ2v) is 8.15. The van der Waals surface area contributed by atoms with Gasteiger partial charge in [-0.25, -0.2) is 0 Å². The highest BCUT2D eigenvalue weighted by Crippen LogP contribution is 2.54. The normalized spacial score (nSPS) is 22.2. The van der Waals surface area contributed by atoms with Gasteiger partial charge in [-0.1, -0.05) is 18.2 Å². The number of carbonyl (C=O) groups excluding carboxylic acids is 2. The van der Waals surface area contributed by atoms with Crippen LogP contribution in [0.4, 0.5) is 18.9 Å². The minimum atomic E-state index is -4.51. The van der Waals surface area contributed by atoms with Crippen LogP contribution in [0.5, 0.6) is 5.75 Å². The van der Waals surface area contributed by atoms with Crippen molar-refractivity contribution in [3.8, 4) is 5.75 Å². The van der Waals surface area contributed by atoms with Crippen molar-refractivity contribution in [2.45, 2.75) is 30.5 Å². The number of ether oxygens (including phenoxy) is 1. The topological polar surface area (TPSA) is 87.3 Å². The number of para-hydroxylation sites is 1. The molecule has 1 aliphatic carbocycles. The number of benzene rings is 2. The molecular weight excluding hydrogens is 425 g/mol. The maximum atomic E-state index is 13.3. The first-order valence-corrected chi connectivity index (χ1v) is 10.1. The fourth-order valence-corrected chi connectivity index (χ4v) is 4.53. The van der Waals surface area contributed by atoms with Gasteiger partial charge in [0.25, 0.3) is 0 Å². The lowest BCUT2D eigenvalue weighted by Crippen LogP contribution is -2.54. The van der Waals surface area contributed by atoms with Crippen LogP contribution in [-0.4, -0.2) is 47.4 Å². The number of nitrogens with one attached hydrogen (secondary N) is 2. The Morgan fingerprint density at radius 3 is 2.81 bits per heavy atom. The number of aromatic amines is 1. The van der Waals surface area contributed by atoms with E-state index in [1.807, 2.05) is 29.6 Å². The largest absolute Gasteiger partial charge is 0.490 e. The van der Waals surface area contributed by atoms with Crippen molar-refractivity contribution in [3.05, 3.63) is 54.2 Å². The van der Waals surface area contributed by atoms with E-state index in [-0.39, 0.29) is 12.0 Å². The number of halogens is 3. The van der Waals surface area contributed by atoms with Gasteiger partial charge < -0.3 is 15.0 Å². The van der Waals surface area contributed by atoms with Crippen molar-refractivity contribution >= 4 is 28.4 Å². The van der Waals surface area contributed by atoms with Crippen LogP contribution in [0, 0.1) is 0 Å². The fraction of sp³-hybridized carbons (Fsp3) is 0.318. The van der Waals surface area contributed by atoms with Gasteiger partial charge in [0.2, 0.25) is 11.8 Å². The first-order chi connectivity index (χ1) is 15.2. The van der Waals surface area contributed by atoms with Crippen molar-refractivity contribution < 1.29 is 27.5 Å². The highest BCUT2D eigenvalue weighted by atomic mass is 19.4. The molecule has 1 aromatic heterocycles. The Bertz CT molecular complexity index is 1200. The summed E-state index contributed by atoms with van der Waals surface area (Å²) >= 11 is 0. The van der Waals surface area contributed by atoms with E-state index < -0.39 is 30.6 Å². The predicted octanol–water partition coefficient (Wildman–Crippen LogP) is 3.07. The molecule has 1 fully saturated rings. The first kappa shape index (κ1) is 20.3. The van der Waals surface area contributed by atoms with Gasteiger partial charge in [0.15, 0.2) is 0 Å². The Hall–Kier alpha value is -3.56. The van der Waals surface area contributed by atoms with E-state index in [1.165, 1.54) is 4.90 Å². The van der Waals surface area contributed by atoms with Gasteiger partial charge >= 0.3 is 6.18 Å². The van der Waals surface area contributed by atoms with E-state index in [0.717, 1.165) is 16.5 Å². The van der Waals surface area contributed by atoms with Gasteiger partial charge in [-0.3, -0.25) is 14.7 Å². The molecule has 2 N–H and O–H groups in total. The number of alkyl halides is 3. The van der Waals surface area contributed by atoms with Gasteiger partial charge in [0.05, 0.1) is 17.1 Å². The number of carbonyl (C=O) groups is 2. The Balaban J connectivity index is 1.30. The molecule has 2 amide bonds.